The molecule has 1 saturated carbocycles. The van der Waals surface area contributed by atoms with Crippen LogP contribution in [0.5, 0.6) is 0 Å². The normalized spacial score (nSPS) is 27.0. The first-order valence-electron chi connectivity index (χ1n) is 7.62. The Morgan fingerprint density at radius 2 is 1.89 bits per heavy atom. The van der Waals surface area contributed by atoms with Crippen LogP contribution in [-0.4, -0.2) is 30.8 Å². The Labute approximate surface area is 116 Å². The molecule has 110 valence electrons. The fourth-order valence-corrected chi connectivity index (χ4v) is 3.48. The number of alkyl carbamates (subject to hydrolysis) is 1. The topological polar surface area (TPSA) is 50.4 Å². The minimum atomic E-state index is -0.425. The number of piperidine rings is 1. The summed E-state index contributed by atoms with van der Waals surface area (Å²) < 4.78 is 5.40. The lowest BCUT2D eigenvalue weighted by atomic mass is 9.65. The summed E-state index contributed by atoms with van der Waals surface area (Å²) >= 11 is 0. The Balaban J connectivity index is 1.98. The van der Waals surface area contributed by atoms with Gasteiger partial charge in [-0.3, -0.25) is 0 Å². The number of carbonyl (C=O) groups excluding carboxylic acids is 1. The van der Waals surface area contributed by atoms with Crippen molar-refractivity contribution < 1.29 is 9.53 Å². The maximum absolute atomic E-state index is 12.0. The maximum atomic E-state index is 12.0. The third-order valence-electron chi connectivity index (χ3n) is 4.43. The molecule has 2 rings (SSSR count). The number of amides is 1. The van der Waals surface area contributed by atoms with E-state index in [-0.39, 0.29) is 12.1 Å². The Morgan fingerprint density at radius 3 is 2.53 bits per heavy atom. The summed E-state index contributed by atoms with van der Waals surface area (Å²) in [6, 6.07) is 0.219. The summed E-state index contributed by atoms with van der Waals surface area (Å²) in [6.07, 6.45) is 7.33. The second-order valence-electron chi connectivity index (χ2n) is 7.08. The number of hydrogen-bond donors (Lipinski definition) is 2. The van der Waals surface area contributed by atoms with Crippen LogP contribution in [0.4, 0.5) is 4.79 Å². The average Bonchev–Trinajstić information content (AvgIpc) is 2.31. The van der Waals surface area contributed by atoms with Gasteiger partial charge in [-0.05, 0) is 52.0 Å². The van der Waals surface area contributed by atoms with Crippen LogP contribution in [0.3, 0.4) is 0 Å². The van der Waals surface area contributed by atoms with Gasteiger partial charge in [0.1, 0.15) is 5.60 Å². The van der Waals surface area contributed by atoms with Gasteiger partial charge in [0.15, 0.2) is 0 Å². The summed E-state index contributed by atoms with van der Waals surface area (Å²) in [6.45, 7) is 7.66. The fourth-order valence-electron chi connectivity index (χ4n) is 3.48. The van der Waals surface area contributed by atoms with E-state index in [1.165, 1.54) is 38.5 Å². The molecule has 2 N–H and O–H groups in total. The molecule has 1 unspecified atom stereocenters. The molecule has 0 aromatic rings. The van der Waals surface area contributed by atoms with Crippen molar-refractivity contribution in [3.63, 3.8) is 0 Å². The van der Waals surface area contributed by atoms with Crippen LogP contribution in [-0.2, 0) is 4.74 Å². The summed E-state index contributed by atoms with van der Waals surface area (Å²) in [5.41, 5.74) is -0.119. The second kappa shape index (κ2) is 5.70. The fraction of sp³-hybridized carbons (Fsp3) is 0.933. The lowest BCUT2D eigenvalue weighted by molar-refractivity contribution is 0.0329. The highest BCUT2D eigenvalue weighted by Gasteiger charge is 2.42. The Hall–Kier alpha value is -0.770. The third kappa shape index (κ3) is 3.85. The van der Waals surface area contributed by atoms with Gasteiger partial charge in [-0.1, -0.05) is 19.3 Å². The highest BCUT2D eigenvalue weighted by molar-refractivity contribution is 5.68. The first kappa shape index (κ1) is 14.6. The van der Waals surface area contributed by atoms with E-state index in [0.717, 1.165) is 13.1 Å². The van der Waals surface area contributed by atoms with Crippen LogP contribution in [0.25, 0.3) is 0 Å². The van der Waals surface area contributed by atoms with E-state index >= 15 is 0 Å². The highest BCUT2D eigenvalue weighted by Crippen LogP contribution is 2.43. The van der Waals surface area contributed by atoms with Crippen LogP contribution >= 0.6 is 0 Å². The van der Waals surface area contributed by atoms with Crippen molar-refractivity contribution in [1.82, 2.24) is 10.6 Å². The van der Waals surface area contributed by atoms with E-state index in [9.17, 15) is 4.79 Å². The van der Waals surface area contributed by atoms with Crippen LogP contribution in [0, 0.1) is 5.41 Å². The van der Waals surface area contributed by atoms with Gasteiger partial charge < -0.3 is 15.4 Å². The number of nitrogens with one attached hydrogen (secondary N) is 2. The first-order chi connectivity index (χ1) is 8.91. The molecule has 1 saturated heterocycles. The molecule has 4 nitrogen and oxygen atoms in total. The molecular weight excluding hydrogens is 240 g/mol. The van der Waals surface area contributed by atoms with Crippen LogP contribution in [0.1, 0.15) is 59.3 Å². The van der Waals surface area contributed by atoms with Gasteiger partial charge in [0, 0.05) is 6.54 Å². The molecule has 0 aromatic carbocycles. The zero-order chi connectivity index (χ0) is 13.9. The minimum Gasteiger partial charge on any atom is -0.444 e. The predicted molar refractivity (Wildman–Crippen MR) is 76.2 cm³/mol. The molecule has 1 aliphatic heterocycles. The van der Waals surface area contributed by atoms with E-state index in [1.807, 2.05) is 20.8 Å². The molecular formula is C15H28N2O2. The van der Waals surface area contributed by atoms with Gasteiger partial charge in [0.25, 0.3) is 0 Å². The first-order valence-corrected chi connectivity index (χ1v) is 7.62. The lowest BCUT2D eigenvalue weighted by Gasteiger charge is -2.47. The van der Waals surface area contributed by atoms with E-state index < -0.39 is 5.60 Å². The van der Waals surface area contributed by atoms with Gasteiger partial charge in [0.2, 0.25) is 0 Å². The highest BCUT2D eigenvalue weighted by atomic mass is 16.6. The van der Waals surface area contributed by atoms with Crippen molar-refractivity contribution in [3.8, 4) is 0 Å². The van der Waals surface area contributed by atoms with Crippen molar-refractivity contribution in [1.29, 1.82) is 0 Å². The minimum absolute atomic E-state index is 0.219. The predicted octanol–water partition coefficient (Wildman–Crippen LogP) is 2.82. The van der Waals surface area contributed by atoms with Gasteiger partial charge >= 0.3 is 6.09 Å². The maximum Gasteiger partial charge on any atom is 0.407 e. The van der Waals surface area contributed by atoms with Gasteiger partial charge in [-0.25, -0.2) is 4.79 Å². The zero-order valence-electron chi connectivity index (χ0n) is 12.6. The number of hydrogen-bond acceptors (Lipinski definition) is 3. The Kier molecular flexibility index (Phi) is 4.39. The van der Waals surface area contributed by atoms with E-state index in [1.54, 1.807) is 0 Å². The number of rotatable bonds is 1. The van der Waals surface area contributed by atoms with Gasteiger partial charge in [-0.2, -0.15) is 0 Å². The quantitative estimate of drug-likeness (QED) is 0.769. The average molecular weight is 268 g/mol. The van der Waals surface area contributed by atoms with E-state index in [0.29, 0.717) is 5.41 Å². The molecule has 0 bridgehead atoms. The largest absolute Gasteiger partial charge is 0.444 e. The Morgan fingerprint density at radius 1 is 1.21 bits per heavy atom. The van der Waals surface area contributed by atoms with Crippen molar-refractivity contribution in [2.24, 2.45) is 5.41 Å². The molecule has 2 aliphatic rings. The lowest BCUT2D eigenvalue weighted by Crippen LogP contribution is -2.58. The molecule has 2 fully saturated rings. The molecule has 1 aliphatic carbocycles. The van der Waals surface area contributed by atoms with E-state index in [2.05, 4.69) is 10.6 Å². The standard InChI is InChI=1S/C15H28N2O2/c1-14(2,3)19-13(18)17-12-11-16-10-9-15(12)7-5-4-6-8-15/h12,16H,4-11H2,1-3H3,(H,17,18). The monoisotopic (exact) mass is 268 g/mol. The second-order valence-corrected chi connectivity index (χ2v) is 7.08. The SMILES string of the molecule is CC(C)(C)OC(=O)NC1CNCCC12CCCCC2. The smallest absolute Gasteiger partial charge is 0.407 e. The summed E-state index contributed by atoms with van der Waals surface area (Å²) in [4.78, 5) is 12.0. The van der Waals surface area contributed by atoms with Crippen molar-refractivity contribution in [2.75, 3.05) is 13.1 Å². The molecule has 4 heteroatoms. The number of ether oxygens (including phenoxy) is 1. The van der Waals surface area contributed by atoms with E-state index in [4.69, 9.17) is 4.74 Å². The molecule has 1 heterocycles. The molecule has 1 spiro atoms. The van der Waals surface area contributed by atoms with Crippen molar-refractivity contribution >= 4 is 6.09 Å². The summed E-state index contributed by atoms with van der Waals surface area (Å²) in [7, 11) is 0. The summed E-state index contributed by atoms with van der Waals surface area (Å²) in [5, 5.41) is 6.52. The van der Waals surface area contributed by atoms with Crippen molar-refractivity contribution in [2.45, 2.75) is 70.9 Å². The van der Waals surface area contributed by atoms with Crippen molar-refractivity contribution in [3.05, 3.63) is 0 Å². The molecule has 0 radical (unpaired) electrons. The zero-order valence-corrected chi connectivity index (χ0v) is 12.6. The van der Waals surface area contributed by atoms with Crippen LogP contribution in [0.15, 0.2) is 0 Å². The summed E-state index contributed by atoms with van der Waals surface area (Å²) in [5.74, 6) is 0. The molecule has 1 amide bonds. The third-order valence-corrected chi connectivity index (χ3v) is 4.43. The number of carbonyl (C=O) groups is 1. The van der Waals surface area contributed by atoms with Crippen LogP contribution < -0.4 is 10.6 Å². The van der Waals surface area contributed by atoms with Crippen LogP contribution in [0.2, 0.25) is 0 Å². The van der Waals surface area contributed by atoms with Gasteiger partial charge in [-0.15, -0.1) is 0 Å². The molecule has 1 atom stereocenters. The Bertz CT molecular complexity index is 308. The molecule has 0 aromatic heterocycles. The molecule has 19 heavy (non-hydrogen) atoms. The van der Waals surface area contributed by atoms with Gasteiger partial charge in [0.05, 0.1) is 6.04 Å².